The van der Waals surface area contributed by atoms with Crippen molar-refractivity contribution >= 4 is 46.3 Å². The summed E-state index contributed by atoms with van der Waals surface area (Å²) in [5, 5.41) is 12.6. The van der Waals surface area contributed by atoms with E-state index >= 15 is 4.39 Å². The Labute approximate surface area is 412 Å². The predicted octanol–water partition coefficient (Wildman–Crippen LogP) is 2.48. The predicted molar refractivity (Wildman–Crippen MR) is 256 cm³/mol. The highest BCUT2D eigenvalue weighted by Crippen LogP contribution is 2.35. The van der Waals surface area contributed by atoms with Gasteiger partial charge in [-0.1, -0.05) is 0 Å². The first kappa shape index (κ1) is 48.8. The molecule has 4 fully saturated rings. The van der Waals surface area contributed by atoms with Crippen LogP contribution < -0.4 is 31.2 Å². The largest absolute Gasteiger partial charge is 0.490 e. The number of rotatable bonds is 15. The summed E-state index contributed by atoms with van der Waals surface area (Å²) in [5.74, 6) is -1.66. The smallest absolute Gasteiger partial charge is 0.265 e. The molecule has 380 valence electrons. The van der Waals surface area contributed by atoms with Crippen LogP contribution in [0.5, 0.6) is 11.5 Å². The first-order valence-electron chi connectivity index (χ1n) is 24.2. The van der Waals surface area contributed by atoms with Crippen LogP contribution in [0.2, 0.25) is 0 Å². The van der Waals surface area contributed by atoms with Crippen LogP contribution >= 0.6 is 0 Å². The molecular weight excluding hydrogens is 940 g/mol. The fraction of sp³-hybridized carbons (Fsp3) is 0.469. The van der Waals surface area contributed by atoms with E-state index in [4.69, 9.17) is 20.9 Å². The number of aliphatic hydroxyl groups excluding tert-OH is 1. The van der Waals surface area contributed by atoms with E-state index < -0.39 is 53.6 Å². The van der Waals surface area contributed by atoms with Crippen molar-refractivity contribution in [2.24, 2.45) is 5.73 Å². The van der Waals surface area contributed by atoms with Crippen LogP contribution in [0, 0.1) is 5.82 Å². The number of halogens is 3. The second-order valence-corrected chi connectivity index (χ2v) is 19.2. The molecule has 10 rings (SSSR count). The van der Waals surface area contributed by atoms with E-state index in [1.54, 1.807) is 47.4 Å². The van der Waals surface area contributed by atoms with Gasteiger partial charge in [0.05, 0.1) is 47.1 Å². The molecule has 8 heterocycles. The first-order chi connectivity index (χ1) is 34.7. The quantitative estimate of drug-likeness (QED) is 0.110. The van der Waals surface area contributed by atoms with Crippen molar-refractivity contribution in [2.75, 3.05) is 82.8 Å². The number of alkyl halides is 2. The summed E-state index contributed by atoms with van der Waals surface area (Å²) in [6.07, 6.45) is 1.77. The number of anilines is 2. The number of nitrogens with zero attached hydrogens (tertiary/aromatic N) is 10. The number of carbonyl (C=O) groups excluding carboxylic acids is 4. The number of ether oxygens (including phenoxy) is 2. The summed E-state index contributed by atoms with van der Waals surface area (Å²) >= 11 is 0. The zero-order valence-corrected chi connectivity index (χ0v) is 39.5. The summed E-state index contributed by atoms with van der Waals surface area (Å²) in [4.78, 5) is 77.5. The number of benzene rings is 2. The fourth-order valence-electron chi connectivity index (χ4n) is 10.4. The third-order valence-electron chi connectivity index (χ3n) is 14.5. The van der Waals surface area contributed by atoms with Crippen LogP contribution in [-0.4, -0.2) is 175 Å². The van der Waals surface area contributed by atoms with Crippen LogP contribution in [0.4, 0.5) is 24.7 Å². The first-order valence-corrected chi connectivity index (χ1v) is 24.2. The minimum atomic E-state index is -3.01. The molecule has 5 aliphatic heterocycles. The maximum absolute atomic E-state index is 16.1. The van der Waals surface area contributed by atoms with Crippen molar-refractivity contribution < 1.29 is 46.9 Å². The van der Waals surface area contributed by atoms with Gasteiger partial charge in [0.15, 0.2) is 11.5 Å². The van der Waals surface area contributed by atoms with Crippen molar-refractivity contribution in [1.29, 1.82) is 0 Å². The maximum atomic E-state index is 16.1. The number of piperazine rings is 1. The molecule has 6 N–H and O–H groups in total. The van der Waals surface area contributed by atoms with Gasteiger partial charge in [0, 0.05) is 83.5 Å². The summed E-state index contributed by atoms with van der Waals surface area (Å²) < 4.78 is 57.6. The fourth-order valence-corrected chi connectivity index (χ4v) is 10.4. The number of nitrogens with two attached hydrogens (primary N) is 2. The number of hydrogen-bond donors (Lipinski definition) is 4. The van der Waals surface area contributed by atoms with Crippen molar-refractivity contribution in [1.82, 2.24) is 49.4 Å². The number of nitrogens with one attached hydrogen (secondary N) is 1. The SMILES string of the molecule is Nc1ncnc2c1ncn2Cc1cc(-c2ccc(OC3CCN(CCN4CCN(COc5ccc6c(c5)C(=O)N(C5CCC(=O)NC5=O)C6=O)CC4)CC3)cc2F)ncc1N1CCC[C@](N)([C@H](O)C(F)F)C1. The number of aliphatic hydroxyl groups is 1. The van der Waals surface area contributed by atoms with Crippen molar-refractivity contribution in [2.45, 2.75) is 75.3 Å². The molecule has 5 aliphatic rings. The van der Waals surface area contributed by atoms with Gasteiger partial charge in [0.1, 0.15) is 54.1 Å². The van der Waals surface area contributed by atoms with Gasteiger partial charge in [-0.05, 0) is 74.1 Å². The summed E-state index contributed by atoms with van der Waals surface area (Å²) in [7, 11) is 0. The highest BCUT2D eigenvalue weighted by atomic mass is 19.3. The molecule has 3 atom stereocenters. The number of likely N-dealkylation sites (tertiary alicyclic amines) is 1. The lowest BCUT2D eigenvalue weighted by atomic mass is 9.84. The molecule has 4 saturated heterocycles. The maximum Gasteiger partial charge on any atom is 0.265 e. The molecule has 1 unspecified atom stereocenters. The molecule has 72 heavy (non-hydrogen) atoms. The second-order valence-electron chi connectivity index (χ2n) is 19.2. The summed E-state index contributed by atoms with van der Waals surface area (Å²) in [6.45, 7) is 7.73. The molecule has 5 aromatic rings. The monoisotopic (exact) mass is 995 g/mol. The van der Waals surface area contributed by atoms with Crippen molar-refractivity contribution in [3.8, 4) is 22.8 Å². The average Bonchev–Trinajstić information content (AvgIpc) is 3.90. The summed E-state index contributed by atoms with van der Waals surface area (Å²) in [6, 6.07) is 10.2. The molecule has 23 heteroatoms. The third-order valence-corrected chi connectivity index (χ3v) is 14.5. The molecular formula is C49H56F3N13O7. The highest BCUT2D eigenvalue weighted by Gasteiger charge is 2.45. The number of imidazole rings is 1. The molecule has 0 aliphatic carbocycles. The lowest BCUT2D eigenvalue weighted by Crippen LogP contribution is -2.63. The Morgan fingerprint density at radius 2 is 1.56 bits per heavy atom. The van der Waals surface area contributed by atoms with Gasteiger partial charge in [-0.15, -0.1) is 0 Å². The van der Waals surface area contributed by atoms with E-state index in [-0.39, 0.29) is 61.0 Å². The van der Waals surface area contributed by atoms with E-state index in [9.17, 15) is 33.1 Å². The topological polar surface area (TPSA) is 244 Å². The Bertz CT molecular complexity index is 2880. The van der Waals surface area contributed by atoms with Gasteiger partial charge < -0.3 is 40.4 Å². The third kappa shape index (κ3) is 10.0. The lowest BCUT2D eigenvalue weighted by molar-refractivity contribution is -0.136. The van der Waals surface area contributed by atoms with Crippen LogP contribution in [0.15, 0.2) is 61.3 Å². The lowest BCUT2D eigenvalue weighted by Gasteiger charge is -2.44. The van der Waals surface area contributed by atoms with Gasteiger partial charge >= 0.3 is 0 Å². The van der Waals surface area contributed by atoms with E-state index in [0.717, 1.165) is 70.1 Å². The highest BCUT2D eigenvalue weighted by molar-refractivity contribution is 6.23. The number of carbonyl (C=O) groups is 4. The zero-order valence-electron chi connectivity index (χ0n) is 39.5. The van der Waals surface area contributed by atoms with Gasteiger partial charge in [-0.2, -0.15) is 0 Å². The zero-order chi connectivity index (χ0) is 50.3. The number of nitrogen functional groups attached to an aromatic ring is 1. The molecule has 3 aromatic heterocycles. The van der Waals surface area contributed by atoms with Crippen LogP contribution in [0.1, 0.15) is 64.8 Å². The molecule has 4 amide bonds. The van der Waals surface area contributed by atoms with Gasteiger partial charge in [-0.3, -0.25) is 44.2 Å². The standard InChI is InChI=1S/C49H56F3N13O7/c50-36-22-32(3-5-34(36)37-20-29(24-64-27-58-41-44(53)56-26-57-45(41)64)39(23-55-37)63-11-1-10-49(54,25-63)42(67)43(51)52)72-30-8-12-60(13-9-30)14-15-61-16-18-62(19-17-61)28-71-31-2-4-33-35(21-31)48(70)65(47(33)69)38-6-7-40(66)59-46(38)68/h2-5,20-23,26-27,30,38,42-43,67H,1,6-19,24-25,28,54H2,(H2,53,56,57)(H,59,66,68)/t38?,42-,49-/m1/s1. The number of hydrogen-bond acceptors (Lipinski definition) is 17. The van der Waals surface area contributed by atoms with Gasteiger partial charge in [-0.25, -0.2) is 28.1 Å². The Hall–Kier alpha value is -6.79. The number of amides is 4. The Morgan fingerprint density at radius 1 is 0.833 bits per heavy atom. The second kappa shape index (κ2) is 20.4. The molecule has 0 spiro atoms. The Balaban J connectivity index is 0.699. The minimum absolute atomic E-state index is 0.0444. The van der Waals surface area contributed by atoms with Gasteiger partial charge in [0.25, 0.3) is 18.2 Å². The van der Waals surface area contributed by atoms with Crippen molar-refractivity contribution in [3.63, 3.8) is 0 Å². The molecule has 0 radical (unpaired) electrons. The average molecular weight is 996 g/mol. The molecule has 0 bridgehead atoms. The van der Waals surface area contributed by atoms with Gasteiger partial charge in [0.2, 0.25) is 11.8 Å². The number of piperidine rings is 3. The normalized spacial score (nSPS) is 22.2. The van der Waals surface area contributed by atoms with Crippen LogP contribution in [0.25, 0.3) is 22.4 Å². The van der Waals surface area contributed by atoms with Crippen LogP contribution in [0.3, 0.4) is 0 Å². The molecule has 2 aromatic carbocycles. The van der Waals surface area contributed by atoms with E-state index in [2.05, 4.69) is 40.0 Å². The van der Waals surface area contributed by atoms with E-state index in [0.29, 0.717) is 59.3 Å². The van der Waals surface area contributed by atoms with E-state index in [1.807, 2.05) is 4.90 Å². The number of pyridine rings is 1. The molecule has 20 nitrogen and oxygen atoms in total. The molecule has 0 saturated carbocycles. The number of fused-ring (bicyclic) bond motifs is 2. The number of imide groups is 2. The minimum Gasteiger partial charge on any atom is -0.490 e. The Morgan fingerprint density at radius 3 is 2.31 bits per heavy atom. The Kier molecular flexibility index (Phi) is 13.8. The van der Waals surface area contributed by atoms with Crippen molar-refractivity contribution in [3.05, 3.63) is 83.8 Å². The number of aromatic nitrogens is 5. The summed E-state index contributed by atoms with van der Waals surface area (Å²) in [5.41, 5.74) is 14.0. The van der Waals surface area contributed by atoms with E-state index in [1.165, 1.54) is 18.5 Å². The van der Waals surface area contributed by atoms with Crippen LogP contribution in [-0.2, 0) is 16.1 Å².